The summed E-state index contributed by atoms with van der Waals surface area (Å²) in [6, 6.07) is 1.35. The van der Waals surface area contributed by atoms with Gasteiger partial charge >= 0.3 is 0 Å². The van der Waals surface area contributed by atoms with Crippen LogP contribution in [0.15, 0.2) is 17.2 Å². The Bertz CT molecular complexity index is 1160. The lowest BCUT2D eigenvalue weighted by Crippen LogP contribution is -2.62. The highest BCUT2D eigenvalue weighted by atomic mass is 35.5. The molecule has 10 nitrogen and oxygen atoms in total. The molecule has 2 aromatic heterocycles. The highest BCUT2D eigenvalue weighted by Crippen LogP contribution is 2.34. The van der Waals surface area contributed by atoms with Crippen molar-refractivity contribution in [3.63, 3.8) is 0 Å². The molecule has 0 saturated heterocycles. The van der Waals surface area contributed by atoms with Gasteiger partial charge in [-0.2, -0.15) is 0 Å². The van der Waals surface area contributed by atoms with Gasteiger partial charge in [-0.15, -0.1) is 12.4 Å². The van der Waals surface area contributed by atoms with Crippen molar-refractivity contribution in [2.45, 2.75) is 44.2 Å². The van der Waals surface area contributed by atoms with E-state index in [0.717, 1.165) is 25.7 Å². The lowest BCUT2D eigenvalue weighted by atomic mass is 10.1. The Kier molecular flexibility index (Phi) is 5.95. The molecule has 0 bridgehead atoms. The maximum Gasteiger partial charge on any atom is 0.293 e. The number of hydrogen-bond donors (Lipinski definition) is 4. The zero-order chi connectivity index (χ0) is 21.8. The van der Waals surface area contributed by atoms with E-state index in [2.05, 4.69) is 31.3 Å². The van der Waals surface area contributed by atoms with E-state index in [0.29, 0.717) is 12.8 Å². The second kappa shape index (κ2) is 8.42. The predicted molar refractivity (Wildman–Crippen MR) is 123 cm³/mol. The number of amides is 2. The quantitative estimate of drug-likeness (QED) is 0.508. The van der Waals surface area contributed by atoms with Crippen molar-refractivity contribution < 1.29 is 9.59 Å². The Morgan fingerprint density at radius 1 is 1.16 bits per heavy atom. The number of carbonyl (C=O) groups excluding carboxylic acids is 2. The number of carbonyl (C=O) groups is 2. The monoisotopic (exact) mass is 499 g/mol. The van der Waals surface area contributed by atoms with Crippen LogP contribution in [0.1, 0.15) is 49.0 Å². The van der Waals surface area contributed by atoms with Crippen LogP contribution in [0.3, 0.4) is 0 Å². The summed E-state index contributed by atoms with van der Waals surface area (Å²) in [6.07, 6.45) is 6.21. The Balaban J connectivity index is 0.00000245. The van der Waals surface area contributed by atoms with Crippen LogP contribution in [0.2, 0.25) is 10.0 Å². The third kappa shape index (κ3) is 3.98. The maximum absolute atomic E-state index is 13.2. The Hall–Kier alpha value is -2.56. The summed E-state index contributed by atoms with van der Waals surface area (Å²) in [7, 11) is 0. The highest BCUT2D eigenvalue weighted by molar-refractivity contribution is 6.36. The number of anilines is 3. The van der Waals surface area contributed by atoms with Gasteiger partial charge in [0.05, 0.1) is 5.02 Å². The number of nitrogens with one attached hydrogen (secondary N) is 4. The molecule has 170 valence electrons. The first-order chi connectivity index (χ1) is 14.9. The topological polar surface area (TPSA) is 130 Å². The molecular formula is C19H20Cl3N7O3. The number of fused-ring (bicyclic) bond motifs is 1. The van der Waals surface area contributed by atoms with Crippen molar-refractivity contribution in [3.8, 4) is 0 Å². The van der Waals surface area contributed by atoms with E-state index in [9.17, 15) is 14.4 Å². The van der Waals surface area contributed by atoms with Gasteiger partial charge in [0, 0.05) is 5.92 Å². The van der Waals surface area contributed by atoms with Gasteiger partial charge in [-0.1, -0.05) is 23.2 Å². The molecule has 2 fully saturated rings. The molecule has 13 heteroatoms. The summed E-state index contributed by atoms with van der Waals surface area (Å²) < 4.78 is 1.18. The van der Waals surface area contributed by atoms with E-state index in [1.54, 1.807) is 0 Å². The SMILES string of the molecule is Cl.O=C1NC2(CCCC2)Nn2c1c(Cl)cc(Nc1ncnc(NC(=O)C3CC3)c1Cl)c2=O. The molecule has 2 aromatic rings. The van der Waals surface area contributed by atoms with Gasteiger partial charge in [0.2, 0.25) is 5.91 Å². The van der Waals surface area contributed by atoms with Crippen molar-refractivity contribution >= 4 is 64.7 Å². The minimum absolute atomic E-state index is 0. The molecule has 2 amide bonds. The Morgan fingerprint density at radius 2 is 1.84 bits per heavy atom. The standard InChI is InChI=1S/C19H19Cl2N7O3.ClH/c20-10-7-11(18(31)28-13(10)17(30)26-19(27-28)5-1-2-6-19)24-14-12(21)15(23-8-22-14)25-16(29)9-3-4-9;/h7-9,27H,1-6H2,(H,26,30)(H2,22,23,24,25,29);1H. The largest absolute Gasteiger partial charge is 0.334 e. The van der Waals surface area contributed by atoms with E-state index < -0.39 is 17.1 Å². The van der Waals surface area contributed by atoms with Crippen LogP contribution in [0, 0.1) is 5.92 Å². The number of nitrogens with zero attached hydrogens (tertiary/aromatic N) is 3. The third-order valence-corrected chi connectivity index (χ3v) is 6.38. The molecule has 0 unspecified atom stereocenters. The zero-order valence-electron chi connectivity index (χ0n) is 16.7. The lowest BCUT2D eigenvalue weighted by molar-refractivity contribution is -0.117. The maximum atomic E-state index is 13.2. The molecular weight excluding hydrogens is 481 g/mol. The number of halogens is 3. The van der Waals surface area contributed by atoms with Gasteiger partial charge < -0.3 is 16.0 Å². The van der Waals surface area contributed by atoms with Gasteiger partial charge in [0.15, 0.2) is 11.6 Å². The van der Waals surface area contributed by atoms with Crippen LogP contribution >= 0.6 is 35.6 Å². The van der Waals surface area contributed by atoms with Gasteiger partial charge in [-0.25, -0.2) is 14.6 Å². The number of hydrogen-bond acceptors (Lipinski definition) is 7. The van der Waals surface area contributed by atoms with Crippen molar-refractivity contribution in [1.29, 1.82) is 0 Å². The molecule has 0 atom stereocenters. The lowest BCUT2D eigenvalue weighted by Gasteiger charge is -2.38. The summed E-state index contributed by atoms with van der Waals surface area (Å²) in [4.78, 5) is 45.9. The molecule has 1 aliphatic heterocycles. The summed E-state index contributed by atoms with van der Waals surface area (Å²) in [5.41, 5.74) is 2.09. The third-order valence-electron chi connectivity index (χ3n) is 5.74. The molecule has 1 spiro atoms. The van der Waals surface area contributed by atoms with E-state index in [1.165, 1.54) is 17.1 Å². The molecule has 2 aliphatic carbocycles. The smallest absolute Gasteiger partial charge is 0.293 e. The molecule has 2 saturated carbocycles. The fourth-order valence-corrected chi connectivity index (χ4v) is 4.43. The summed E-state index contributed by atoms with van der Waals surface area (Å²) in [5, 5.41) is 8.63. The van der Waals surface area contributed by atoms with Crippen LogP contribution < -0.4 is 26.9 Å². The molecule has 0 radical (unpaired) electrons. The summed E-state index contributed by atoms with van der Waals surface area (Å²) in [6.45, 7) is 0. The Morgan fingerprint density at radius 3 is 2.53 bits per heavy atom. The van der Waals surface area contributed by atoms with E-state index in [1.807, 2.05) is 0 Å². The fraction of sp³-hybridized carbons (Fsp3) is 0.421. The van der Waals surface area contributed by atoms with Gasteiger partial charge in [-0.05, 0) is 44.6 Å². The van der Waals surface area contributed by atoms with Crippen molar-refractivity contribution in [2.24, 2.45) is 5.92 Å². The predicted octanol–water partition coefficient (Wildman–Crippen LogP) is 3.02. The average molecular weight is 501 g/mol. The first-order valence-electron chi connectivity index (χ1n) is 10.0. The van der Waals surface area contributed by atoms with Crippen LogP contribution in [0.5, 0.6) is 0 Å². The van der Waals surface area contributed by atoms with Crippen LogP contribution in [0.4, 0.5) is 17.3 Å². The first kappa shape index (κ1) is 22.6. The second-order valence-corrected chi connectivity index (χ2v) is 8.81. The molecule has 3 heterocycles. The van der Waals surface area contributed by atoms with Crippen LogP contribution in [-0.2, 0) is 4.79 Å². The van der Waals surface area contributed by atoms with Crippen molar-refractivity contribution in [2.75, 3.05) is 16.1 Å². The van der Waals surface area contributed by atoms with Crippen LogP contribution in [0.25, 0.3) is 0 Å². The normalized spacial score (nSPS) is 18.2. The summed E-state index contributed by atoms with van der Waals surface area (Å²) in [5.74, 6) is -0.290. The molecule has 5 rings (SSSR count). The van der Waals surface area contributed by atoms with Crippen molar-refractivity contribution in [3.05, 3.63) is 38.5 Å². The van der Waals surface area contributed by atoms with E-state index >= 15 is 0 Å². The fourth-order valence-electron chi connectivity index (χ4n) is 3.96. The summed E-state index contributed by atoms with van der Waals surface area (Å²) >= 11 is 12.7. The van der Waals surface area contributed by atoms with E-state index in [-0.39, 0.29) is 57.3 Å². The first-order valence-corrected chi connectivity index (χ1v) is 10.8. The highest BCUT2D eigenvalue weighted by Gasteiger charge is 2.41. The van der Waals surface area contributed by atoms with Gasteiger partial charge in [0.25, 0.3) is 11.5 Å². The molecule has 3 aliphatic rings. The Labute approximate surface area is 198 Å². The molecule has 4 N–H and O–H groups in total. The van der Waals surface area contributed by atoms with Crippen LogP contribution in [-0.4, -0.2) is 32.1 Å². The molecule has 0 aromatic carbocycles. The average Bonchev–Trinajstić information content (AvgIpc) is 3.49. The zero-order valence-corrected chi connectivity index (χ0v) is 19.0. The number of pyridine rings is 1. The van der Waals surface area contributed by atoms with Gasteiger partial charge in [-0.3, -0.25) is 19.8 Å². The second-order valence-electron chi connectivity index (χ2n) is 8.02. The van der Waals surface area contributed by atoms with Gasteiger partial charge in [0.1, 0.15) is 28.4 Å². The number of aromatic nitrogens is 3. The van der Waals surface area contributed by atoms with Crippen molar-refractivity contribution in [1.82, 2.24) is 20.0 Å². The van der Waals surface area contributed by atoms with E-state index in [4.69, 9.17) is 23.2 Å². The minimum atomic E-state index is -0.664. The minimum Gasteiger partial charge on any atom is -0.334 e. The molecule has 32 heavy (non-hydrogen) atoms. The number of rotatable bonds is 4.